The predicted octanol–water partition coefficient (Wildman–Crippen LogP) is 5.15. The molecule has 1 aromatic rings. The number of carboxylic acid groups (broad SMARTS) is 1. The number of aliphatic hydroxyl groups is 1. The molecular formula is C23H28FNO4S. The number of carbonyl (C=O) groups is 1. The molecular weight excluding hydrogens is 405 g/mol. The van der Waals surface area contributed by atoms with Gasteiger partial charge in [0.15, 0.2) is 5.76 Å². The van der Waals surface area contributed by atoms with E-state index >= 15 is 0 Å². The van der Waals surface area contributed by atoms with E-state index in [1.54, 1.807) is 18.2 Å². The van der Waals surface area contributed by atoms with E-state index in [9.17, 15) is 14.3 Å². The normalized spacial score (nSPS) is 26.3. The van der Waals surface area contributed by atoms with Crippen molar-refractivity contribution in [2.75, 3.05) is 18.8 Å². The standard InChI is InChI=1S/C23H28FNO4S/c24-19-7-5-16(6-8-19)20(26)9-11-30-22-21(29-23(27)28)2-1-10-25(22)14-18-13-15-3-4-17(18)12-15/h1-2,5-8,15,17-18,20,26H,3-4,9-14H2,(H,27,28). The van der Waals surface area contributed by atoms with Crippen LogP contribution in [0.15, 0.2) is 47.2 Å². The lowest BCUT2D eigenvalue weighted by Gasteiger charge is -2.34. The minimum absolute atomic E-state index is 0.328. The maximum Gasteiger partial charge on any atom is 0.511 e. The Morgan fingerprint density at radius 2 is 2.07 bits per heavy atom. The first-order valence-corrected chi connectivity index (χ1v) is 11.6. The fourth-order valence-electron chi connectivity index (χ4n) is 5.09. The van der Waals surface area contributed by atoms with Crippen LogP contribution in [0.2, 0.25) is 0 Å². The molecule has 5 nitrogen and oxygen atoms in total. The van der Waals surface area contributed by atoms with Crippen molar-refractivity contribution in [2.45, 2.75) is 38.2 Å². The number of aliphatic hydroxyl groups excluding tert-OH is 1. The number of rotatable bonds is 8. The molecule has 0 radical (unpaired) electrons. The molecule has 4 atom stereocenters. The van der Waals surface area contributed by atoms with Crippen molar-refractivity contribution in [1.29, 1.82) is 0 Å². The van der Waals surface area contributed by atoms with Crippen LogP contribution in [-0.4, -0.2) is 40.1 Å². The van der Waals surface area contributed by atoms with Gasteiger partial charge in [-0.15, -0.1) is 11.8 Å². The van der Waals surface area contributed by atoms with E-state index in [2.05, 4.69) is 4.90 Å². The summed E-state index contributed by atoms with van der Waals surface area (Å²) in [5.41, 5.74) is 0.676. The lowest BCUT2D eigenvalue weighted by atomic mass is 9.88. The topological polar surface area (TPSA) is 70.0 Å². The van der Waals surface area contributed by atoms with E-state index in [0.29, 0.717) is 29.4 Å². The fourth-order valence-corrected chi connectivity index (χ4v) is 6.21. The highest BCUT2D eigenvalue weighted by Crippen LogP contribution is 2.49. The molecule has 7 heteroatoms. The third-order valence-corrected chi connectivity index (χ3v) is 7.69. The van der Waals surface area contributed by atoms with Crippen LogP contribution in [0.4, 0.5) is 9.18 Å². The van der Waals surface area contributed by atoms with Gasteiger partial charge in [-0.05, 0) is 67.2 Å². The monoisotopic (exact) mass is 433 g/mol. The van der Waals surface area contributed by atoms with E-state index in [1.165, 1.54) is 49.6 Å². The summed E-state index contributed by atoms with van der Waals surface area (Å²) >= 11 is 1.52. The van der Waals surface area contributed by atoms with Gasteiger partial charge in [0.25, 0.3) is 0 Å². The van der Waals surface area contributed by atoms with Crippen molar-refractivity contribution >= 4 is 17.9 Å². The number of thioether (sulfide) groups is 1. The minimum Gasteiger partial charge on any atom is -0.449 e. The lowest BCUT2D eigenvalue weighted by molar-refractivity contribution is 0.118. The zero-order valence-electron chi connectivity index (χ0n) is 16.9. The molecule has 30 heavy (non-hydrogen) atoms. The second kappa shape index (κ2) is 9.43. The van der Waals surface area contributed by atoms with E-state index in [-0.39, 0.29) is 5.82 Å². The average molecular weight is 434 g/mol. The van der Waals surface area contributed by atoms with Gasteiger partial charge >= 0.3 is 6.16 Å². The van der Waals surface area contributed by atoms with Gasteiger partial charge in [-0.2, -0.15) is 0 Å². The number of hydrogen-bond acceptors (Lipinski definition) is 5. The molecule has 0 spiro atoms. The van der Waals surface area contributed by atoms with Crippen LogP contribution in [-0.2, 0) is 4.74 Å². The molecule has 2 saturated carbocycles. The number of hydrogen-bond donors (Lipinski definition) is 2. The number of benzene rings is 1. The molecule has 3 aliphatic rings. The molecule has 2 fully saturated rings. The van der Waals surface area contributed by atoms with Gasteiger partial charge in [0.2, 0.25) is 0 Å². The third-order valence-electron chi connectivity index (χ3n) is 6.51. The molecule has 1 heterocycles. The molecule has 1 aromatic carbocycles. The van der Waals surface area contributed by atoms with Gasteiger partial charge in [0.1, 0.15) is 10.8 Å². The van der Waals surface area contributed by atoms with Crippen LogP contribution >= 0.6 is 11.8 Å². The van der Waals surface area contributed by atoms with Crippen LogP contribution in [0.25, 0.3) is 0 Å². The highest BCUT2D eigenvalue weighted by Gasteiger charge is 2.40. The Bertz CT molecular complexity index is 825. The summed E-state index contributed by atoms with van der Waals surface area (Å²) < 4.78 is 18.2. The molecule has 0 amide bonds. The van der Waals surface area contributed by atoms with E-state index in [4.69, 9.17) is 9.84 Å². The summed E-state index contributed by atoms with van der Waals surface area (Å²) in [6, 6.07) is 5.87. The SMILES string of the molecule is O=C(O)OC1=C(SCCC(O)c2ccc(F)cc2)N(CC2CC3CCC2C3)CC=C1. The Kier molecular flexibility index (Phi) is 6.68. The summed E-state index contributed by atoms with van der Waals surface area (Å²) in [7, 11) is 0. The molecule has 162 valence electrons. The first-order valence-electron chi connectivity index (χ1n) is 10.6. The zero-order valence-corrected chi connectivity index (χ0v) is 17.7. The Hall–Kier alpha value is -1.99. The summed E-state index contributed by atoms with van der Waals surface area (Å²) in [6.45, 7) is 1.66. The summed E-state index contributed by atoms with van der Waals surface area (Å²) in [5.74, 6) is 2.94. The summed E-state index contributed by atoms with van der Waals surface area (Å²) in [4.78, 5) is 13.4. The Morgan fingerprint density at radius 3 is 2.73 bits per heavy atom. The number of halogens is 1. The Morgan fingerprint density at radius 1 is 1.27 bits per heavy atom. The van der Waals surface area contributed by atoms with Crippen LogP contribution in [0, 0.1) is 23.6 Å². The van der Waals surface area contributed by atoms with Gasteiger partial charge in [-0.25, -0.2) is 9.18 Å². The molecule has 2 aliphatic carbocycles. The van der Waals surface area contributed by atoms with Gasteiger partial charge in [0, 0.05) is 18.8 Å². The number of fused-ring (bicyclic) bond motifs is 2. The van der Waals surface area contributed by atoms with Crippen LogP contribution < -0.4 is 0 Å². The highest BCUT2D eigenvalue weighted by molar-refractivity contribution is 8.03. The lowest BCUT2D eigenvalue weighted by Crippen LogP contribution is -2.33. The van der Waals surface area contributed by atoms with Crippen molar-refractivity contribution in [2.24, 2.45) is 17.8 Å². The number of allylic oxidation sites excluding steroid dienone is 1. The smallest absolute Gasteiger partial charge is 0.449 e. The molecule has 2 N–H and O–H groups in total. The van der Waals surface area contributed by atoms with Crippen molar-refractivity contribution < 1.29 is 24.1 Å². The molecule has 0 saturated heterocycles. The molecule has 4 unspecified atom stereocenters. The van der Waals surface area contributed by atoms with Crippen molar-refractivity contribution in [3.8, 4) is 0 Å². The van der Waals surface area contributed by atoms with E-state index in [1.807, 2.05) is 6.08 Å². The van der Waals surface area contributed by atoms with Crippen LogP contribution in [0.5, 0.6) is 0 Å². The van der Waals surface area contributed by atoms with Gasteiger partial charge in [-0.1, -0.05) is 24.6 Å². The number of nitrogens with zero attached hydrogens (tertiary/aromatic N) is 1. The third kappa shape index (κ3) is 5.01. The molecule has 0 aromatic heterocycles. The van der Waals surface area contributed by atoms with Crippen molar-refractivity contribution in [3.63, 3.8) is 0 Å². The highest BCUT2D eigenvalue weighted by atomic mass is 32.2. The molecule has 2 bridgehead atoms. The van der Waals surface area contributed by atoms with Crippen molar-refractivity contribution in [3.05, 3.63) is 58.6 Å². The Labute approximate surface area is 180 Å². The molecule has 1 aliphatic heterocycles. The average Bonchev–Trinajstić information content (AvgIpc) is 3.33. The predicted molar refractivity (Wildman–Crippen MR) is 114 cm³/mol. The van der Waals surface area contributed by atoms with E-state index < -0.39 is 12.3 Å². The maximum atomic E-state index is 13.1. The first-order chi connectivity index (χ1) is 14.5. The Balaban J connectivity index is 1.41. The minimum atomic E-state index is -1.32. The van der Waals surface area contributed by atoms with Crippen molar-refractivity contribution in [1.82, 2.24) is 4.90 Å². The number of ether oxygens (including phenoxy) is 1. The van der Waals surface area contributed by atoms with E-state index in [0.717, 1.165) is 30.0 Å². The fraction of sp³-hybridized carbons (Fsp3) is 0.522. The van der Waals surface area contributed by atoms with Crippen LogP contribution in [0.1, 0.15) is 43.8 Å². The summed E-state index contributed by atoms with van der Waals surface area (Å²) in [6.07, 6.45) is 7.41. The quantitative estimate of drug-likeness (QED) is 0.552. The van der Waals surface area contributed by atoms with Gasteiger partial charge in [0.05, 0.1) is 6.10 Å². The molecule has 4 rings (SSSR count). The first kappa shape index (κ1) is 21.2. The maximum absolute atomic E-state index is 13.1. The zero-order chi connectivity index (χ0) is 21.1. The summed E-state index contributed by atoms with van der Waals surface area (Å²) in [5, 5.41) is 20.4. The second-order valence-electron chi connectivity index (χ2n) is 8.48. The van der Waals surface area contributed by atoms with Gasteiger partial charge in [-0.3, -0.25) is 0 Å². The largest absolute Gasteiger partial charge is 0.511 e. The second-order valence-corrected chi connectivity index (χ2v) is 9.57. The van der Waals surface area contributed by atoms with Gasteiger partial charge < -0.3 is 19.8 Å². The van der Waals surface area contributed by atoms with Crippen LogP contribution in [0.3, 0.4) is 0 Å².